The van der Waals surface area contributed by atoms with Gasteiger partial charge in [-0.05, 0) is 30.7 Å². The van der Waals surface area contributed by atoms with Crippen molar-refractivity contribution < 1.29 is 9.72 Å². The minimum Gasteiger partial charge on any atom is -0.305 e. The normalized spacial score (nSPS) is 10.5. The largest absolute Gasteiger partial charge is 0.305 e. The van der Waals surface area contributed by atoms with E-state index in [1.807, 2.05) is 25.1 Å². The van der Waals surface area contributed by atoms with Crippen molar-refractivity contribution in [1.82, 2.24) is 9.78 Å². The summed E-state index contributed by atoms with van der Waals surface area (Å²) in [5, 5.41) is 18.5. The molecule has 0 aliphatic heterocycles. The van der Waals surface area contributed by atoms with Gasteiger partial charge in [-0.15, -0.1) is 0 Å². The maximum Gasteiger partial charge on any atom is 0.270 e. The number of halogens is 1. The number of nitro groups is 1. The third kappa shape index (κ3) is 4.07. The van der Waals surface area contributed by atoms with Gasteiger partial charge >= 0.3 is 0 Å². The van der Waals surface area contributed by atoms with Crippen LogP contribution < -0.4 is 5.32 Å². The van der Waals surface area contributed by atoms with Crippen LogP contribution in [0.5, 0.6) is 0 Å². The summed E-state index contributed by atoms with van der Waals surface area (Å²) in [7, 11) is 0. The van der Waals surface area contributed by atoms with Crippen LogP contribution >= 0.6 is 11.6 Å². The van der Waals surface area contributed by atoms with Crippen LogP contribution in [0.1, 0.15) is 21.6 Å². The highest BCUT2D eigenvalue weighted by molar-refractivity contribution is 6.30. The molecule has 7 nitrogen and oxygen atoms in total. The third-order valence-electron chi connectivity index (χ3n) is 3.76. The van der Waals surface area contributed by atoms with E-state index < -0.39 is 10.8 Å². The second kappa shape index (κ2) is 7.37. The van der Waals surface area contributed by atoms with Crippen molar-refractivity contribution in [2.45, 2.75) is 13.5 Å². The molecule has 8 heteroatoms. The highest BCUT2D eigenvalue weighted by Gasteiger charge is 2.13. The van der Waals surface area contributed by atoms with Gasteiger partial charge in [0.2, 0.25) is 0 Å². The molecular formula is C18H15ClN4O3. The summed E-state index contributed by atoms with van der Waals surface area (Å²) in [6, 6.07) is 14.7. The topological polar surface area (TPSA) is 90.1 Å². The molecule has 0 bridgehead atoms. The number of aryl methyl sites for hydroxylation is 1. The molecule has 0 unspecified atom stereocenters. The Morgan fingerprint density at radius 1 is 1.23 bits per heavy atom. The minimum atomic E-state index is -0.541. The third-order valence-corrected chi connectivity index (χ3v) is 4.00. The summed E-state index contributed by atoms with van der Waals surface area (Å²) >= 11 is 5.99. The molecule has 0 saturated heterocycles. The molecule has 1 N–H and O–H groups in total. The first-order valence-corrected chi connectivity index (χ1v) is 8.15. The maximum absolute atomic E-state index is 12.3. The van der Waals surface area contributed by atoms with E-state index in [4.69, 9.17) is 11.6 Å². The molecule has 1 heterocycles. The Morgan fingerprint density at radius 3 is 2.73 bits per heavy atom. The Balaban J connectivity index is 1.75. The predicted octanol–water partition coefficient (Wildman–Crippen LogP) is 4.05. The Morgan fingerprint density at radius 2 is 2.00 bits per heavy atom. The number of nitrogens with zero attached hydrogens (tertiary/aromatic N) is 3. The van der Waals surface area contributed by atoms with Crippen molar-refractivity contribution in [3.63, 3.8) is 0 Å². The molecule has 26 heavy (non-hydrogen) atoms. The van der Waals surface area contributed by atoms with Crippen molar-refractivity contribution in [3.8, 4) is 0 Å². The number of hydrogen-bond donors (Lipinski definition) is 1. The first-order chi connectivity index (χ1) is 12.4. The van der Waals surface area contributed by atoms with Gasteiger partial charge in [-0.3, -0.25) is 19.6 Å². The summed E-state index contributed by atoms with van der Waals surface area (Å²) in [6.07, 6.45) is 0. The van der Waals surface area contributed by atoms with Crippen LogP contribution in [0.25, 0.3) is 0 Å². The minimum absolute atomic E-state index is 0.139. The number of rotatable bonds is 5. The van der Waals surface area contributed by atoms with Gasteiger partial charge in [0.05, 0.1) is 11.5 Å². The van der Waals surface area contributed by atoms with Crippen molar-refractivity contribution in [1.29, 1.82) is 0 Å². The monoisotopic (exact) mass is 370 g/mol. The van der Waals surface area contributed by atoms with Gasteiger partial charge in [-0.25, -0.2) is 0 Å². The number of benzene rings is 2. The smallest absolute Gasteiger partial charge is 0.270 e. The first kappa shape index (κ1) is 17.6. The van der Waals surface area contributed by atoms with E-state index in [-0.39, 0.29) is 11.3 Å². The summed E-state index contributed by atoms with van der Waals surface area (Å²) in [5.74, 6) is -0.0814. The molecule has 0 aliphatic carbocycles. The average molecular weight is 371 g/mol. The number of hydrogen-bond acceptors (Lipinski definition) is 4. The molecule has 3 aromatic rings. The summed E-state index contributed by atoms with van der Waals surface area (Å²) in [6.45, 7) is 2.39. The highest BCUT2D eigenvalue weighted by atomic mass is 35.5. The second-order valence-corrected chi connectivity index (χ2v) is 6.16. The van der Waals surface area contributed by atoms with E-state index in [1.54, 1.807) is 16.8 Å². The zero-order valence-corrected chi connectivity index (χ0v) is 14.6. The van der Waals surface area contributed by atoms with Gasteiger partial charge in [-0.1, -0.05) is 29.8 Å². The number of anilines is 1. The van der Waals surface area contributed by atoms with Crippen LogP contribution in [0, 0.1) is 17.0 Å². The molecule has 1 amide bonds. The summed E-state index contributed by atoms with van der Waals surface area (Å²) in [4.78, 5) is 22.6. The van der Waals surface area contributed by atoms with Crippen molar-refractivity contribution >= 4 is 29.0 Å². The van der Waals surface area contributed by atoms with Crippen molar-refractivity contribution in [3.05, 3.63) is 86.6 Å². The van der Waals surface area contributed by atoms with Crippen LogP contribution in [0.2, 0.25) is 5.02 Å². The van der Waals surface area contributed by atoms with E-state index in [2.05, 4.69) is 10.4 Å². The maximum atomic E-state index is 12.3. The van der Waals surface area contributed by atoms with E-state index in [0.717, 1.165) is 11.3 Å². The number of amides is 1. The fourth-order valence-corrected chi connectivity index (χ4v) is 2.70. The zero-order valence-electron chi connectivity index (χ0n) is 13.8. The standard InChI is InChI=1S/C18H15ClN4O3/c1-12-8-17(21-22(12)11-13-4-2-6-15(19)9-13)20-18(24)14-5-3-7-16(10-14)23(25)26/h2-10H,11H2,1H3,(H,20,21,24). The Labute approximate surface area is 154 Å². The molecule has 2 aromatic carbocycles. The highest BCUT2D eigenvalue weighted by Crippen LogP contribution is 2.17. The fraction of sp³-hybridized carbons (Fsp3) is 0.111. The quantitative estimate of drug-likeness (QED) is 0.541. The molecule has 3 rings (SSSR count). The van der Waals surface area contributed by atoms with Crippen LogP contribution in [-0.2, 0) is 6.54 Å². The van der Waals surface area contributed by atoms with E-state index in [1.165, 1.54) is 24.3 Å². The Hall–Kier alpha value is -3.19. The lowest BCUT2D eigenvalue weighted by atomic mass is 10.2. The number of non-ortho nitro benzene ring substituents is 1. The number of aromatic nitrogens is 2. The van der Waals surface area contributed by atoms with Gasteiger partial charge < -0.3 is 5.32 Å². The van der Waals surface area contributed by atoms with Crippen LogP contribution in [0.15, 0.2) is 54.6 Å². The van der Waals surface area contributed by atoms with E-state index in [0.29, 0.717) is 17.4 Å². The number of nitro benzene ring substituents is 1. The lowest BCUT2D eigenvalue weighted by molar-refractivity contribution is -0.384. The fourth-order valence-electron chi connectivity index (χ4n) is 2.49. The Bertz CT molecular complexity index is 984. The molecule has 1 aromatic heterocycles. The summed E-state index contributed by atoms with van der Waals surface area (Å²) in [5.41, 5.74) is 1.90. The molecule has 0 aliphatic rings. The molecule has 0 spiro atoms. The van der Waals surface area contributed by atoms with Gasteiger partial charge in [0.25, 0.3) is 11.6 Å². The molecule has 132 valence electrons. The van der Waals surface area contributed by atoms with Crippen molar-refractivity contribution in [2.75, 3.05) is 5.32 Å². The summed E-state index contributed by atoms with van der Waals surface area (Å²) < 4.78 is 1.74. The molecule has 0 atom stereocenters. The zero-order chi connectivity index (χ0) is 18.7. The van der Waals surface area contributed by atoms with Crippen LogP contribution in [0.3, 0.4) is 0 Å². The molecule has 0 radical (unpaired) electrons. The van der Waals surface area contributed by atoms with Gasteiger partial charge in [0, 0.05) is 34.5 Å². The molecule has 0 fully saturated rings. The van der Waals surface area contributed by atoms with Crippen LogP contribution in [-0.4, -0.2) is 20.6 Å². The number of carbonyl (C=O) groups excluding carboxylic acids is 1. The lowest BCUT2D eigenvalue weighted by Crippen LogP contribution is -2.13. The second-order valence-electron chi connectivity index (χ2n) is 5.72. The number of carbonyl (C=O) groups is 1. The van der Waals surface area contributed by atoms with Gasteiger partial charge in [0.15, 0.2) is 5.82 Å². The number of nitrogens with one attached hydrogen (secondary N) is 1. The van der Waals surface area contributed by atoms with Crippen molar-refractivity contribution in [2.24, 2.45) is 0 Å². The van der Waals surface area contributed by atoms with Gasteiger partial charge in [0.1, 0.15) is 0 Å². The predicted molar refractivity (Wildman–Crippen MR) is 98.6 cm³/mol. The van der Waals surface area contributed by atoms with E-state index >= 15 is 0 Å². The Kier molecular flexibility index (Phi) is 4.99. The average Bonchev–Trinajstić information content (AvgIpc) is 2.94. The molecular weight excluding hydrogens is 356 g/mol. The van der Waals surface area contributed by atoms with Crippen LogP contribution in [0.4, 0.5) is 11.5 Å². The van der Waals surface area contributed by atoms with E-state index in [9.17, 15) is 14.9 Å². The first-order valence-electron chi connectivity index (χ1n) is 7.77. The SMILES string of the molecule is Cc1cc(NC(=O)c2cccc([N+](=O)[O-])c2)nn1Cc1cccc(Cl)c1. The lowest BCUT2D eigenvalue weighted by Gasteiger charge is -2.05. The van der Waals surface area contributed by atoms with Gasteiger partial charge in [-0.2, -0.15) is 5.10 Å². The molecule has 0 saturated carbocycles.